The number of thiocarbonyl (C=S) groups is 1. The fraction of sp³-hybridized carbons (Fsp3) is 0.0667. The molecule has 2 aromatic heterocycles. The van der Waals surface area contributed by atoms with Crippen LogP contribution in [0.15, 0.2) is 120 Å². The number of hydrogen-bond acceptors (Lipinski definition) is 6. The number of anilines is 1. The standard InChI is InChI=1S/C30H22N4O4S/c35-34(36)25-12-5-4-10-23(25)26-17-18-27(38-26)29-28(24-11-6-7-19-31-24)32-30(39)33(29)20-13-15-22(16-14-20)37-21-8-2-1-3-9-21/h1-19,28-29H,(H,32,39)/t28-,29-/m1/s1. The lowest BCUT2D eigenvalue weighted by atomic mass is 10.0. The molecule has 9 heteroatoms. The Hall–Kier alpha value is -5.02. The molecule has 1 saturated heterocycles. The number of pyridine rings is 1. The number of rotatable bonds is 7. The van der Waals surface area contributed by atoms with Crippen molar-refractivity contribution < 1.29 is 14.1 Å². The number of aromatic nitrogens is 1. The summed E-state index contributed by atoms with van der Waals surface area (Å²) in [5, 5.41) is 15.5. The summed E-state index contributed by atoms with van der Waals surface area (Å²) in [5.74, 6) is 2.43. The van der Waals surface area contributed by atoms with Gasteiger partial charge in [0, 0.05) is 18.0 Å². The zero-order valence-electron chi connectivity index (χ0n) is 20.5. The maximum Gasteiger partial charge on any atom is 0.280 e. The Morgan fingerprint density at radius 3 is 2.33 bits per heavy atom. The molecular weight excluding hydrogens is 512 g/mol. The van der Waals surface area contributed by atoms with Crippen LogP contribution in [0.3, 0.4) is 0 Å². The average molecular weight is 535 g/mol. The summed E-state index contributed by atoms with van der Waals surface area (Å²) >= 11 is 5.79. The topological polar surface area (TPSA) is 93.7 Å². The number of furan rings is 1. The van der Waals surface area contributed by atoms with Gasteiger partial charge in [-0.25, -0.2) is 0 Å². The Morgan fingerprint density at radius 2 is 1.59 bits per heavy atom. The first-order valence-electron chi connectivity index (χ1n) is 12.3. The van der Waals surface area contributed by atoms with Crippen LogP contribution in [0.4, 0.5) is 11.4 Å². The molecule has 1 N–H and O–H groups in total. The van der Waals surface area contributed by atoms with Crippen molar-refractivity contribution in [1.82, 2.24) is 10.3 Å². The number of benzene rings is 3. The van der Waals surface area contributed by atoms with Crippen molar-refractivity contribution >= 4 is 28.7 Å². The van der Waals surface area contributed by atoms with E-state index in [1.165, 1.54) is 6.07 Å². The van der Waals surface area contributed by atoms with Gasteiger partial charge in [0.05, 0.1) is 22.2 Å². The molecule has 5 aromatic rings. The second kappa shape index (κ2) is 10.4. The van der Waals surface area contributed by atoms with E-state index in [1.807, 2.05) is 83.8 Å². The van der Waals surface area contributed by atoms with Gasteiger partial charge in [-0.05, 0) is 78.9 Å². The molecule has 8 nitrogen and oxygen atoms in total. The van der Waals surface area contributed by atoms with E-state index in [0.29, 0.717) is 27.9 Å². The van der Waals surface area contributed by atoms with Crippen molar-refractivity contribution in [3.05, 3.63) is 137 Å². The molecule has 0 aliphatic carbocycles. The quantitative estimate of drug-likeness (QED) is 0.133. The van der Waals surface area contributed by atoms with Gasteiger partial charge in [-0.15, -0.1) is 0 Å². The van der Waals surface area contributed by atoms with Gasteiger partial charge in [-0.1, -0.05) is 36.4 Å². The Bertz CT molecular complexity index is 1620. The molecule has 0 amide bonds. The lowest BCUT2D eigenvalue weighted by Gasteiger charge is -2.26. The minimum absolute atomic E-state index is 0.0226. The number of ether oxygens (including phenoxy) is 1. The fourth-order valence-electron chi connectivity index (χ4n) is 4.72. The molecule has 0 bridgehead atoms. The van der Waals surface area contributed by atoms with E-state index >= 15 is 0 Å². The van der Waals surface area contributed by atoms with Crippen LogP contribution in [0.5, 0.6) is 11.5 Å². The molecule has 39 heavy (non-hydrogen) atoms. The first-order chi connectivity index (χ1) is 19.1. The van der Waals surface area contributed by atoms with Crippen LogP contribution >= 0.6 is 12.2 Å². The van der Waals surface area contributed by atoms with E-state index in [9.17, 15) is 10.1 Å². The van der Waals surface area contributed by atoms with Crippen LogP contribution in [0.2, 0.25) is 0 Å². The molecule has 3 aromatic carbocycles. The maximum absolute atomic E-state index is 11.6. The number of para-hydroxylation sites is 2. The van der Waals surface area contributed by atoms with E-state index in [0.717, 1.165) is 17.1 Å². The van der Waals surface area contributed by atoms with E-state index in [4.69, 9.17) is 21.4 Å². The lowest BCUT2D eigenvalue weighted by Crippen LogP contribution is -2.29. The fourth-order valence-corrected chi connectivity index (χ4v) is 5.06. The van der Waals surface area contributed by atoms with Gasteiger partial charge in [0.2, 0.25) is 0 Å². The summed E-state index contributed by atoms with van der Waals surface area (Å²) in [7, 11) is 0. The highest BCUT2D eigenvalue weighted by Gasteiger charge is 2.42. The van der Waals surface area contributed by atoms with Gasteiger partial charge in [0.25, 0.3) is 5.69 Å². The molecule has 3 heterocycles. The molecule has 1 aliphatic heterocycles. The van der Waals surface area contributed by atoms with Crippen molar-refractivity contribution in [2.24, 2.45) is 0 Å². The third-order valence-corrected chi connectivity index (χ3v) is 6.79. The van der Waals surface area contributed by atoms with Gasteiger partial charge in [-0.2, -0.15) is 0 Å². The molecular formula is C30H22N4O4S. The van der Waals surface area contributed by atoms with Crippen molar-refractivity contribution in [3.8, 4) is 22.8 Å². The molecule has 0 radical (unpaired) electrons. The van der Waals surface area contributed by atoms with E-state index in [-0.39, 0.29) is 11.7 Å². The number of nitrogens with one attached hydrogen (secondary N) is 1. The van der Waals surface area contributed by atoms with E-state index in [2.05, 4.69) is 10.3 Å². The molecule has 192 valence electrons. The normalized spacial score (nSPS) is 16.6. The van der Waals surface area contributed by atoms with Crippen LogP contribution in [0, 0.1) is 10.1 Å². The Morgan fingerprint density at radius 1 is 0.872 bits per heavy atom. The minimum Gasteiger partial charge on any atom is -0.459 e. The smallest absolute Gasteiger partial charge is 0.280 e. The predicted molar refractivity (Wildman–Crippen MR) is 152 cm³/mol. The minimum atomic E-state index is -0.411. The van der Waals surface area contributed by atoms with Gasteiger partial charge >= 0.3 is 0 Å². The van der Waals surface area contributed by atoms with Gasteiger partial charge in [0.15, 0.2) is 5.11 Å². The molecule has 1 fully saturated rings. The number of nitrogens with zero attached hydrogens (tertiary/aromatic N) is 3. The highest BCUT2D eigenvalue weighted by molar-refractivity contribution is 7.80. The summed E-state index contributed by atoms with van der Waals surface area (Å²) in [5.41, 5.74) is 2.01. The van der Waals surface area contributed by atoms with Crippen LogP contribution in [-0.2, 0) is 0 Å². The highest BCUT2D eigenvalue weighted by atomic mass is 32.1. The van der Waals surface area contributed by atoms with Crippen molar-refractivity contribution in [1.29, 1.82) is 0 Å². The molecule has 2 atom stereocenters. The Labute approximate surface area is 229 Å². The second-order valence-corrected chi connectivity index (χ2v) is 9.27. The first-order valence-corrected chi connectivity index (χ1v) is 12.7. The third-order valence-electron chi connectivity index (χ3n) is 6.48. The van der Waals surface area contributed by atoms with Gasteiger partial charge < -0.3 is 19.4 Å². The lowest BCUT2D eigenvalue weighted by molar-refractivity contribution is -0.384. The third kappa shape index (κ3) is 4.83. The van der Waals surface area contributed by atoms with Crippen molar-refractivity contribution in [3.63, 3.8) is 0 Å². The van der Waals surface area contributed by atoms with Crippen LogP contribution in [0.1, 0.15) is 23.5 Å². The van der Waals surface area contributed by atoms with E-state index < -0.39 is 11.0 Å². The Balaban J connectivity index is 1.38. The zero-order chi connectivity index (χ0) is 26.8. The maximum atomic E-state index is 11.6. The van der Waals surface area contributed by atoms with Gasteiger partial charge in [-0.3, -0.25) is 15.1 Å². The monoisotopic (exact) mass is 534 g/mol. The number of nitro groups is 1. The SMILES string of the molecule is O=[N+]([O-])c1ccccc1-c1ccc([C@@H]2[C@@H](c3ccccn3)NC(=S)N2c2ccc(Oc3ccccc3)cc2)o1. The van der Waals surface area contributed by atoms with Crippen LogP contribution in [0.25, 0.3) is 11.3 Å². The summed E-state index contributed by atoms with van der Waals surface area (Å²) in [6.07, 6.45) is 1.73. The Kier molecular flexibility index (Phi) is 6.48. The van der Waals surface area contributed by atoms with Crippen molar-refractivity contribution in [2.75, 3.05) is 4.90 Å². The van der Waals surface area contributed by atoms with E-state index in [1.54, 1.807) is 30.5 Å². The number of nitro benzene ring substituents is 1. The zero-order valence-corrected chi connectivity index (χ0v) is 21.3. The summed E-state index contributed by atoms with van der Waals surface area (Å²) in [6, 6.07) is 32.3. The highest BCUT2D eigenvalue weighted by Crippen LogP contribution is 2.44. The van der Waals surface area contributed by atoms with Crippen molar-refractivity contribution in [2.45, 2.75) is 12.1 Å². The molecule has 0 unspecified atom stereocenters. The number of hydrogen-bond donors (Lipinski definition) is 1. The van der Waals surface area contributed by atoms with Crippen LogP contribution < -0.4 is 15.0 Å². The largest absolute Gasteiger partial charge is 0.459 e. The van der Waals surface area contributed by atoms with Crippen LogP contribution in [-0.4, -0.2) is 15.0 Å². The summed E-state index contributed by atoms with van der Waals surface area (Å²) < 4.78 is 12.3. The molecule has 1 aliphatic rings. The molecule has 6 rings (SSSR count). The summed E-state index contributed by atoms with van der Waals surface area (Å²) in [6.45, 7) is 0. The van der Waals surface area contributed by atoms with Gasteiger partial charge in [0.1, 0.15) is 29.1 Å². The first kappa shape index (κ1) is 24.3. The predicted octanol–water partition coefficient (Wildman–Crippen LogP) is 7.22. The summed E-state index contributed by atoms with van der Waals surface area (Å²) in [4.78, 5) is 17.8. The molecule has 0 saturated carbocycles. The average Bonchev–Trinajstić information content (AvgIpc) is 3.59. The molecule has 0 spiro atoms. The second-order valence-electron chi connectivity index (χ2n) is 8.88.